The van der Waals surface area contributed by atoms with Crippen molar-refractivity contribution in [3.63, 3.8) is 0 Å². The molecule has 0 radical (unpaired) electrons. The van der Waals surface area contributed by atoms with Gasteiger partial charge >= 0.3 is 0 Å². The first kappa shape index (κ1) is 9.66. The zero-order valence-electron chi connectivity index (χ0n) is 7.91. The van der Waals surface area contributed by atoms with Gasteiger partial charge in [-0.2, -0.15) is 5.10 Å². The molecule has 0 aliphatic carbocycles. The molecule has 2 rings (SSSR count). The summed E-state index contributed by atoms with van der Waals surface area (Å²) in [6.45, 7) is 0.472. The summed E-state index contributed by atoms with van der Waals surface area (Å²) in [5.74, 6) is 0.249. The molecule has 15 heavy (non-hydrogen) atoms. The van der Waals surface area contributed by atoms with E-state index in [2.05, 4.69) is 26.1 Å². The maximum atomic E-state index is 11.6. The normalized spacial score (nSPS) is 20.8. The molecule has 1 fully saturated rings. The van der Waals surface area contributed by atoms with Crippen LogP contribution in [0.4, 0.5) is 5.82 Å². The number of aromatic nitrogens is 2. The number of anilines is 1. The van der Waals surface area contributed by atoms with E-state index in [-0.39, 0.29) is 18.4 Å². The van der Waals surface area contributed by atoms with Crippen LogP contribution in [-0.2, 0) is 9.59 Å². The minimum Gasteiger partial charge on any atom is -0.353 e. The number of rotatable bonds is 2. The highest BCUT2D eigenvalue weighted by Crippen LogP contribution is 2.00. The van der Waals surface area contributed by atoms with E-state index in [9.17, 15) is 9.59 Å². The van der Waals surface area contributed by atoms with E-state index in [4.69, 9.17) is 0 Å². The molecule has 1 atom stereocenters. The van der Waals surface area contributed by atoms with Crippen LogP contribution >= 0.6 is 0 Å². The molecule has 1 saturated heterocycles. The van der Waals surface area contributed by atoms with Gasteiger partial charge in [-0.3, -0.25) is 20.0 Å². The largest absolute Gasteiger partial charge is 0.353 e. The molecule has 1 aromatic heterocycles. The predicted octanol–water partition coefficient (Wildman–Crippen LogP) is -1.56. The molecule has 2 amide bonds. The average molecular weight is 209 g/mol. The summed E-state index contributed by atoms with van der Waals surface area (Å²) < 4.78 is 0. The highest BCUT2D eigenvalue weighted by atomic mass is 16.2. The van der Waals surface area contributed by atoms with Gasteiger partial charge in [-0.05, 0) is 0 Å². The predicted molar refractivity (Wildman–Crippen MR) is 52.0 cm³/mol. The Bertz CT molecular complexity index is 351. The average Bonchev–Trinajstić information content (AvgIpc) is 2.71. The van der Waals surface area contributed by atoms with Crippen LogP contribution in [0.3, 0.4) is 0 Å². The lowest BCUT2D eigenvalue weighted by molar-refractivity contribution is -0.124. The molecule has 1 aromatic rings. The van der Waals surface area contributed by atoms with Gasteiger partial charge in [0.25, 0.3) is 0 Å². The lowest BCUT2D eigenvalue weighted by atomic mass is 10.2. The second-order valence-electron chi connectivity index (χ2n) is 3.20. The molecule has 2 heterocycles. The number of piperazine rings is 1. The topological polar surface area (TPSA) is 98.9 Å². The van der Waals surface area contributed by atoms with Crippen molar-refractivity contribution in [1.29, 1.82) is 0 Å². The molecule has 1 aliphatic rings. The molecule has 1 aliphatic heterocycles. The number of H-pyrrole nitrogens is 1. The number of hydrogen-bond donors (Lipinski definition) is 4. The monoisotopic (exact) mass is 209 g/mol. The van der Waals surface area contributed by atoms with Gasteiger partial charge in [0.05, 0.1) is 12.7 Å². The molecule has 1 unspecified atom stereocenters. The molecule has 7 nitrogen and oxygen atoms in total. The molecule has 0 saturated carbocycles. The molecular formula is C8H11N5O2. The highest BCUT2D eigenvalue weighted by molar-refractivity contribution is 5.95. The molecular weight excluding hydrogens is 198 g/mol. The Balaban J connectivity index is 1.89. The number of nitrogens with zero attached hydrogens (tertiary/aromatic N) is 1. The van der Waals surface area contributed by atoms with Crippen molar-refractivity contribution in [2.24, 2.45) is 0 Å². The van der Waals surface area contributed by atoms with Gasteiger partial charge in [0.1, 0.15) is 11.9 Å². The Hall–Kier alpha value is -1.89. The first-order valence-electron chi connectivity index (χ1n) is 4.56. The number of carbonyl (C=O) groups is 2. The zero-order valence-corrected chi connectivity index (χ0v) is 7.91. The lowest BCUT2D eigenvalue weighted by Gasteiger charge is -2.22. The molecule has 0 bridgehead atoms. The number of nitrogens with one attached hydrogen (secondary N) is 4. The molecule has 7 heteroatoms. The van der Waals surface area contributed by atoms with E-state index in [1.54, 1.807) is 12.3 Å². The first-order valence-corrected chi connectivity index (χ1v) is 4.56. The van der Waals surface area contributed by atoms with Crippen molar-refractivity contribution in [3.8, 4) is 0 Å². The Kier molecular flexibility index (Phi) is 2.64. The summed E-state index contributed by atoms with van der Waals surface area (Å²) in [5, 5.41) is 14.4. The standard InChI is InChI=1S/C8H11N5O2/c14-7-4-9-5(3-10-7)8(15)12-6-1-2-11-13-6/h1-2,5,9H,3-4H2,(H,10,14)(H2,11,12,13,15). The number of amides is 2. The Morgan fingerprint density at radius 2 is 2.47 bits per heavy atom. The first-order chi connectivity index (χ1) is 7.25. The third kappa shape index (κ3) is 2.32. The Morgan fingerprint density at radius 1 is 1.60 bits per heavy atom. The Labute approximate surface area is 85.6 Å². The van der Waals surface area contributed by atoms with Crippen molar-refractivity contribution < 1.29 is 9.59 Å². The van der Waals surface area contributed by atoms with Crippen LogP contribution in [0.15, 0.2) is 12.3 Å². The van der Waals surface area contributed by atoms with Crippen LogP contribution in [0.2, 0.25) is 0 Å². The molecule has 80 valence electrons. The van der Waals surface area contributed by atoms with E-state index >= 15 is 0 Å². The Morgan fingerprint density at radius 3 is 3.07 bits per heavy atom. The van der Waals surface area contributed by atoms with Gasteiger partial charge in [-0.1, -0.05) is 0 Å². The van der Waals surface area contributed by atoms with Crippen LogP contribution in [0.25, 0.3) is 0 Å². The van der Waals surface area contributed by atoms with Crippen molar-refractivity contribution in [1.82, 2.24) is 20.8 Å². The van der Waals surface area contributed by atoms with Crippen molar-refractivity contribution in [3.05, 3.63) is 12.3 Å². The summed E-state index contributed by atoms with van der Waals surface area (Å²) in [6, 6.07) is 1.25. The van der Waals surface area contributed by atoms with E-state index < -0.39 is 6.04 Å². The maximum absolute atomic E-state index is 11.6. The van der Waals surface area contributed by atoms with Crippen LogP contribution in [0.1, 0.15) is 0 Å². The molecule has 0 aromatic carbocycles. The smallest absolute Gasteiger partial charge is 0.244 e. The maximum Gasteiger partial charge on any atom is 0.244 e. The van der Waals surface area contributed by atoms with E-state index in [1.807, 2.05) is 0 Å². The summed E-state index contributed by atoms with van der Waals surface area (Å²) in [7, 11) is 0. The van der Waals surface area contributed by atoms with Gasteiger partial charge in [-0.15, -0.1) is 0 Å². The van der Waals surface area contributed by atoms with E-state index in [1.165, 1.54) is 0 Å². The fourth-order valence-corrected chi connectivity index (χ4v) is 1.30. The summed E-state index contributed by atoms with van der Waals surface area (Å²) >= 11 is 0. The SMILES string of the molecule is O=C1CNC(C(=O)Nc2ccn[nH]2)CN1. The van der Waals surface area contributed by atoms with Crippen LogP contribution in [0.5, 0.6) is 0 Å². The molecule has 0 spiro atoms. The highest BCUT2D eigenvalue weighted by Gasteiger charge is 2.23. The minimum absolute atomic E-state index is 0.0967. The van der Waals surface area contributed by atoms with Crippen molar-refractivity contribution >= 4 is 17.6 Å². The second-order valence-corrected chi connectivity index (χ2v) is 3.20. The minimum atomic E-state index is -0.397. The summed E-state index contributed by atoms with van der Waals surface area (Å²) in [4.78, 5) is 22.4. The lowest BCUT2D eigenvalue weighted by Crippen LogP contribution is -2.56. The van der Waals surface area contributed by atoms with E-state index in [0.717, 1.165) is 0 Å². The van der Waals surface area contributed by atoms with Gasteiger partial charge < -0.3 is 10.6 Å². The third-order valence-electron chi connectivity index (χ3n) is 2.09. The van der Waals surface area contributed by atoms with Crippen molar-refractivity contribution in [2.75, 3.05) is 18.4 Å². The van der Waals surface area contributed by atoms with E-state index in [0.29, 0.717) is 12.4 Å². The number of hydrogen-bond acceptors (Lipinski definition) is 4. The zero-order chi connectivity index (χ0) is 10.7. The fourth-order valence-electron chi connectivity index (χ4n) is 1.30. The number of aromatic amines is 1. The van der Waals surface area contributed by atoms with Crippen molar-refractivity contribution in [2.45, 2.75) is 6.04 Å². The molecule has 4 N–H and O–H groups in total. The van der Waals surface area contributed by atoms with Crippen LogP contribution in [0, 0.1) is 0 Å². The summed E-state index contributed by atoms with van der Waals surface area (Å²) in [6.07, 6.45) is 1.55. The van der Waals surface area contributed by atoms with Crippen LogP contribution < -0.4 is 16.0 Å². The van der Waals surface area contributed by atoms with Gasteiger partial charge in [-0.25, -0.2) is 0 Å². The fraction of sp³-hybridized carbons (Fsp3) is 0.375. The summed E-state index contributed by atoms with van der Waals surface area (Å²) in [5.41, 5.74) is 0. The second kappa shape index (κ2) is 4.09. The van der Waals surface area contributed by atoms with Gasteiger partial charge in [0.15, 0.2) is 0 Å². The van der Waals surface area contributed by atoms with Gasteiger partial charge in [0, 0.05) is 12.6 Å². The quantitative estimate of drug-likeness (QED) is 0.473. The van der Waals surface area contributed by atoms with Crippen LogP contribution in [-0.4, -0.2) is 41.1 Å². The number of carbonyl (C=O) groups excluding carboxylic acids is 2. The van der Waals surface area contributed by atoms with Gasteiger partial charge in [0.2, 0.25) is 11.8 Å². The third-order valence-corrected chi connectivity index (χ3v) is 2.09.